The van der Waals surface area contributed by atoms with Gasteiger partial charge < -0.3 is 5.73 Å². The second kappa shape index (κ2) is 6.10. The van der Waals surface area contributed by atoms with Crippen LogP contribution < -0.4 is 5.73 Å². The first-order valence-electron chi connectivity index (χ1n) is 6.66. The first kappa shape index (κ1) is 14.4. The van der Waals surface area contributed by atoms with E-state index in [1.54, 1.807) is 23.5 Å². The molecule has 2 aromatic carbocycles. The molecule has 3 rings (SSSR count). The van der Waals surface area contributed by atoms with Crippen LogP contribution in [0.2, 0.25) is 5.02 Å². The van der Waals surface area contributed by atoms with Crippen molar-refractivity contribution in [1.29, 1.82) is 0 Å². The molecule has 0 spiro atoms. The lowest BCUT2D eigenvalue weighted by Crippen LogP contribution is -2.26. The maximum absolute atomic E-state index is 13.8. The van der Waals surface area contributed by atoms with E-state index in [0.29, 0.717) is 23.4 Å². The lowest BCUT2D eigenvalue weighted by atomic mass is 10.0. The minimum atomic E-state index is -0.303. The van der Waals surface area contributed by atoms with Crippen LogP contribution in [0, 0.1) is 5.82 Å². The van der Waals surface area contributed by atoms with E-state index in [1.165, 1.54) is 6.07 Å². The van der Waals surface area contributed by atoms with Gasteiger partial charge in [-0.25, -0.2) is 9.37 Å². The second-order valence-electron chi connectivity index (χ2n) is 4.94. The molecule has 21 heavy (non-hydrogen) atoms. The van der Waals surface area contributed by atoms with Crippen molar-refractivity contribution in [3.05, 3.63) is 63.9 Å². The molecular weight excluding hydrogens is 307 g/mol. The molecule has 0 aliphatic heterocycles. The largest absolute Gasteiger partial charge is 0.327 e. The van der Waals surface area contributed by atoms with E-state index in [9.17, 15) is 4.39 Å². The summed E-state index contributed by atoms with van der Waals surface area (Å²) in [6, 6.07) is 12.5. The van der Waals surface area contributed by atoms with Crippen molar-refractivity contribution in [1.82, 2.24) is 4.98 Å². The molecule has 3 aromatic rings. The van der Waals surface area contributed by atoms with Gasteiger partial charge in [0.25, 0.3) is 0 Å². The van der Waals surface area contributed by atoms with E-state index in [0.717, 1.165) is 15.2 Å². The number of fused-ring (bicyclic) bond motifs is 1. The lowest BCUT2D eigenvalue weighted by Gasteiger charge is -2.12. The van der Waals surface area contributed by atoms with E-state index < -0.39 is 0 Å². The molecule has 0 saturated carbocycles. The molecule has 0 amide bonds. The van der Waals surface area contributed by atoms with Crippen molar-refractivity contribution in [2.24, 2.45) is 5.73 Å². The smallest absolute Gasteiger partial charge is 0.127 e. The molecule has 1 unspecified atom stereocenters. The molecule has 1 atom stereocenters. The standard InChI is InChI=1S/C16H14ClFN2S/c17-12-4-3-5-13(18)11(12)8-10(19)9-16-20-14-6-1-2-7-15(14)21-16/h1-7,10H,8-9,19H2. The van der Waals surface area contributed by atoms with E-state index in [1.807, 2.05) is 24.3 Å². The quantitative estimate of drug-likeness (QED) is 0.782. The summed E-state index contributed by atoms with van der Waals surface area (Å²) in [6.45, 7) is 0. The summed E-state index contributed by atoms with van der Waals surface area (Å²) in [5.41, 5.74) is 7.60. The number of halogens is 2. The highest BCUT2D eigenvalue weighted by Gasteiger charge is 2.14. The summed E-state index contributed by atoms with van der Waals surface area (Å²) in [7, 11) is 0. The van der Waals surface area contributed by atoms with Crippen molar-refractivity contribution in [3.63, 3.8) is 0 Å². The van der Waals surface area contributed by atoms with Crippen molar-refractivity contribution in [2.45, 2.75) is 18.9 Å². The Labute approximate surface area is 131 Å². The van der Waals surface area contributed by atoms with Crippen LogP contribution in [0.25, 0.3) is 10.2 Å². The summed E-state index contributed by atoms with van der Waals surface area (Å²) in [6.07, 6.45) is 1.02. The number of nitrogens with two attached hydrogens (primary N) is 1. The topological polar surface area (TPSA) is 38.9 Å². The van der Waals surface area contributed by atoms with Gasteiger partial charge >= 0.3 is 0 Å². The van der Waals surface area contributed by atoms with Crippen LogP contribution in [-0.4, -0.2) is 11.0 Å². The minimum absolute atomic E-state index is 0.208. The predicted octanol–water partition coefficient (Wildman–Crippen LogP) is 4.20. The number of rotatable bonds is 4. The second-order valence-corrected chi connectivity index (χ2v) is 6.47. The van der Waals surface area contributed by atoms with Crippen molar-refractivity contribution < 1.29 is 4.39 Å². The third-order valence-corrected chi connectivity index (χ3v) is 4.72. The number of thiazole rings is 1. The third-order valence-electron chi connectivity index (χ3n) is 3.30. The number of hydrogen-bond acceptors (Lipinski definition) is 3. The molecule has 0 fully saturated rings. The predicted molar refractivity (Wildman–Crippen MR) is 86.4 cm³/mol. The fourth-order valence-corrected chi connectivity index (χ4v) is 3.59. The average molecular weight is 321 g/mol. The number of benzene rings is 2. The summed E-state index contributed by atoms with van der Waals surface area (Å²) in [5, 5.41) is 1.39. The molecular formula is C16H14ClFN2S. The van der Waals surface area contributed by atoms with E-state index in [-0.39, 0.29) is 11.9 Å². The fourth-order valence-electron chi connectivity index (χ4n) is 2.29. The lowest BCUT2D eigenvalue weighted by molar-refractivity contribution is 0.584. The van der Waals surface area contributed by atoms with Gasteiger partial charge in [0.15, 0.2) is 0 Å². The monoisotopic (exact) mass is 320 g/mol. The summed E-state index contributed by atoms with van der Waals surface area (Å²) < 4.78 is 14.9. The first-order valence-corrected chi connectivity index (χ1v) is 7.86. The normalized spacial score (nSPS) is 12.7. The molecule has 1 aromatic heterocycles. The van der Waals surface area contributed by atoms with Crippen LogP contribution in [0.5, 0.6) is 0 Å². The Kier molecular flexibility index (Phi) is 4.19. The van der Waals surface area contributed by atoms with Crippen LogP contribution in [0.15, 0.2) is 42.5 Å². The zero-order valence-corrected chi connectivity index (χ0v) is 12.8. The molecule has 2 N–H and O–H groups in total. The van der Waals surface area contributed by atoms with Gasteiger partial charge in [-0.05, 0) is 30.7 Å². The summed E-state index contributed by atoms with van der Waals surface area (Å²) in [5.74, 6) is -0.303. The molecule has 0 radical (unpaired) electrons. The molecule has 0 bridgehead atoms. The van der Waals surface area contributed by atoms with Gasteiger partial charge in [-0.15, -0.1) is 11.3 Å². The highest BCUT2D eigenvalue weighted by atomic mass is 35.5. The molecule has 5 heteroatoms. The van der Waals surface area contributed by atoms with Crippen LogP contribution in [0.4, 0.5) is 4.39 Å². The molecule has 0 aliphatic rings. The van der Waals surface area contributed by atoms with Crippen molar-refractivity contribution in [3.8, 4) is 0 Å². The third kappa shape index (κ3) is 3.23. The highest BCUT2D eigenvalue weighted by Crippen LogP contribution is 2.24. The van der Waals surface area contributed by atoms with Crippen LogP contribution >= 0.6 is 22.9 Å². The Morgan fingerprint density at radius 3 is 2.71 bits per heavy atom. The number of hydrogen-bond donors (Lipinski definition) is 1. The number of aromatic nitrogens is 1. The Hall–Kier alpha value is -1.49. The number of para-hydroxylation sites is 1. The first-order chi connectivity index (χ1) is 10.1. The van der Waals surface area contributed by atoms with Crippen LogP contribution in [-0.2, 0) is 12.8 Å². The van der Waals surface area contributed by atoms with Gasteiger partial charge in [-0.1, -0.05) is 29.8 Å². The maximum Gasteiger partial charge on any atom is 0.127 e. The van der Waals surface area contributed by atoms with Crippen molar-refractivity contribution >= 4 is 33.2 Å². The minimum Gasteiger partial charge on any atom is -0.327 e. The van der Waals surface area contributed by atoms with E-state index in [4.69, 9.17) is 17.3 Å². The summed E-state index contributed by atoms with van der Waals surface area (Å²) in [4.78, 5) is 4.55. The maximum atomic E-state index is 13.8. The van der Waals surface area contributed by atoms with Gasteiger partial charge in [0.1, 0.15) is 5.82 Å². The van der Waals surface area contributed by atoms with Gasteiger partial charge in [0.05, 0.1) is 15.2 Å². The molecule has 108 valence electrons. The summed E-state index contributed by atoms with van der Waals surface area (Å²) >= 11 is 7.66. The van der Waals surface area contributed by atoms with Gasteiger partial charge in [-0.3, -0.25) is 0 Å². The van der Waals surface area contributed by atoms with Gasteiger partial charge in [-0.2, -0.15) is 0 Å². The molecule has 2 nitrogen and oxygen atoms in total. The zero-order chi connectivity index (χ0) is 14.8. The Morgan fingerprint density at radius 1 is 1.14 bits per heavy atom. The molecule has 0 saturated heterocycles. The Bertz CT molecular complexity index is 719. The van der Waals surface area contributed by atoms with Crippen LogP contribution in [0.3, 0.4) is 0 Å². The van der Waals surface area contributed by atoms with E-state index in [2.05, 4.69) is 4.98 Å². The zero-order valence-electron chi connectivity index (χ0n) is 11.2. The Morgan fingerprint density at radius 2 is 1.95 bits per heavy atom. The molecule has 1 heterocycles. The SMILES string of the molecule is NC(Cc1nc2ccccc2s1)Cc1c(F)cccc1Cl. The van der Waals surface area contributed by atoms with Gasteiger partial charge in [0.2, 0.25) is 0 Å². The van der Waals surface area contributed by atoms with E-state index >= 15 is 0 Å². The van der Waals surface area contributed by atoms with Crippen molar-refractivity contribution in [2.75, 3.05) is 0 Å². The highest BCUT2D eigenvalue weighted by molar-refractivity contribution is 7.18. The number of nitrogens with zero attached hydrogens (tertiary/aromatic N) is 1. The molecule has 0 aliphatic carbocycles. The average Bonchev–Trinajstić information content (AvgIpc) is 2.85. The Balaban J connectivity index is 1.75. The fraction of sp³-hybridized carbons (Fsp3) is 0.188. The van der Waals surface area contributed by atoms with Gasteiger partial charge in [0, 0.05) is 23.0 Å². The van der Waals surface area contributed by atoms with Crippen LogP contribution in [0.1, 0.15) is 10.6 Å².